The predicted octanol–water partition coefficient (Wildman–Crippen LogP) is 3.52. The van der Waals surface area contributed by atoms with E-state index in [4.69, 9.17) is 10.2 Å². The lowest BCUT2D eigenvalue weighted by Gasteiger charge is -2.13. The molecule has 31 heavy (non-hydrogen) atoms. The third kappa shape index (κ3) is 3.43. The van der Waals surface area contributed by atoms with Crippen LogP contribution in [0.3, 0.4) is 0 Å². The molecule has 2 aromatic carbocycles. The number of nitrogens with one attached hydrogen (secondary N) is 1. The third-order valence-electron chi connectivity index (χ3n) is 5.13. The smallest absolute Gasteiger partial charge is 0.405 e. The van der Waals surface area contributed by atoms with Crippen molar-refractivity contribution in [2.75, 3.05) is 11.1 Å². The van der Waals surface area contributed by atoms with Crippen molar-refractivity contribution in [3.8, 4) is 11.3 Å². The molecule has 0 atom stereocenters. The van der Waals surface area contributed by atoms with Gasteiger partial charge in [-0.15, -0.1) is 0 Å². The minimum atomic E-state index is -0.932. The summed E-state index contributed by atoms with van der Waals surface area (Å²) in [5, 5.41) is 7.29. The van der Waals surface area contributed by atoms with Crippen LogP contribution in [0.4, 0.5) is 21.6 Å². The number of aryl methyl sites for hydroxylation is 1. The van der Waals surface area contributed by atoms with Gasteiger partial charge in [-0.2, -0.15) is 10.1 Å². The van der Waals surface area contributed by atoms with Crippen molar-refractivity contribution in [3.05, 3.63) is 74.7 Å². The van der Waals surface area contributed by atoms with Crippen molar-refractivity contribution in [1.29, 1.82) is 0 Å². The molecule has 1 aliphatic rings. The van der Waals surface area contributed by atoms with Crippen molar-refractivity contribution < 1.29 is 8.81 Å². The molecule has 1 saturated carbocycles. The zero-order chi connectivity index (χ0) is 21.7. The Morgan fingerprint density at radius 3 is 2.71 bits per heavy atom. The first-order valence-corrected chi connectivity index (χ1v) is 9.77. The van der Waals surface area contributed by atoms with Gasteiger partial charge in [0.05, 0.1) is 11.7 Å². The minimum Gasteiger partial charge on any atom is -0.405 e. The van der Waals surface area contributed by atoms with E-state index in [-0.39, 0.29) is 28.5 Å². The average Bonchev–Trinajstić information content (AvgIpc) is 3.55. The highest BCUT2D eigenvalue weighted by molar-refractivity contribution is 5.96. The molecular formula is C22H18FN5O3. The standard InChI is InChI=1S/C22H18FN5O3/c1-11-5-8-16(15(23)9-11)25-20-17-19(31-22(30)26-20)18(12-3-2-4-13(24)10-12)27-28(21(17)29)14-6-7-14/h2-5,8-10,14H,6-7,24H2,1H3,(H,25,26,30). The number of rotatable bonds is 4. The van der Waals surface area contributed by atoms with Gasteiger partial charge in [-0.3, -0.25) is 4.79 Å². The quantitative estimate of drug-likeness (QED) is 0.486. The summed E-state index contributed by atoms with van der Waals surface area (Å²) < 4.78 is 21.1. The maximum atomic E-state index is 14.4. The van der Waals surface area contributed by atoms with E-state index < -0.39 is 17.1 Å². The molecule has 3 N–H and O–H groups in total. The molecule has 0 amide bonds. The summed E-state index contributed by atoms with van der Waals surface area (Å²) in [6.07, 6.45) is 1.63. The number of anilines is 3. The van der Waals surface area contributed by atoms with Crippen molar-refractivity contribution in [3.63, 3.8) is 0 Å². The van der Waals surface area contributed by atoms with Gasteiger partial charge in [0.25, 0.3) is 5.56 Å². The predicted molar refractivity (Wildman–Crippen MR) is 115 cm³/mol. The summed E-state index contributed by atoms with van der Waals surface area (Å²) in [5.41, 5.74) is 7.62. The molecular weight excluding hydrogens is 401 g/mol. The molecule has 0 bridgehead atoms. The number of aromatic nitrogens is 3. The van der Waals surface area contributed by atoms with Crippen LogP contribution in [0.5, 0.6) is 0 Å². The second-order valence-corrected chi connectivity index (χ2v) is 7.60. The number of nitrogen functional groups attached to an aromatic ring is 1. The Morgan fingerprint density at radius 1 is 1.19 bits per heavy atom. The first kappa shape index (κ1) is 19.0. The molecule has 5 rings (SSSR count). The highest BCUT2D eigenvalue weighted by atomic mass is 19.1. The van der Waals surface area contributed by atoms with Gasteiger partial charge in [0, 0.05) is 11.3 Å². The molecule has 0 saturated heterocycles. The molecule has 0 unspecified atom stereocenters. The number of nitrogens with two attached hydrogens (primary N) is 1. The lowest BCUT2D eigenvalue weighted by atomic mass is 10.1. The Bertz CT molecular complexity index is 1460. The van der Waals surface area contributed by atoms with E-state index in [1.165, 1.54) is 16.8 Å². The largest absolute Gasteiger partial charge is 0.441 e. The number of halogens is 1. The van der Waals surface area contributed by atoms with Crippen LogP contribution in [-0.4, -0.2) is 14.8 Å². The summed E-state index contributed by atoms with van der Waals surface area (Å²) in [4.78, 5) is 29.3. The Kier molecular flexibility index (Phi) is 4.32. The average molecular weight is 419 g/mol. The maximum Gasteiger partial charge on any atom is 0.441 e. The van der Waals surface area contributed by atoms with Crippen LogP contribution in [0.2, 0.25) is 0 Å². The summed E-state index contributed by atoms with van der Waals surface area (Å²) >= 11 is 0. The fourth-order valence-electron chi connectivity index (χ4n) is 3.48. The number of hydrogen-bond donors (Lipinski definition) is 2. The van der Waals surface area contributed by atoms with Crippen molar-refractivity contribution in [1.82, 2.24) is 14.8 Å². The van der Waals surface area contributed by atoms with Crippen LogP contribution >= 0.6 is 0 Å². The second kappa shape index (κ2) is 7.05. The van der Waals surface area contributed by atoms with Gasteiger partial charge in [-0.25, -0.2) is 13.9 Å². The molecule has 0 aliphatic heterocycles. The van der Waals surface area contributed by atoms with E-state index in [2.05, 4.69) is 15.4 Å². The van der Waals surface area contributed by atoms with E-state index in [0.29, 0.717) is 16.9 Å². The molecule has 8 nitrogen and oxygen atoms in total. The Labute approximate surface area is 175 Å². The van der Waals surface area contributed by atoms with E-state index in [0.717, 1.165) is 18.4 Å². The lowest BCUT2D eigenvalue weighted by Crippen LogP contribution is -2.25. The van der Waals surface area contributed by atoms with Gasteiger partial charge in [0.15, 0.2) is 11.4 Å². The van der Waals surface area contributed by atoms with Crippen molar-refractivity contribution in [2.45, 2.75) is 25.8 Å². The zero-order valence-corrected chi connectivity index (χ0v) is 16.6. The van der Waals surface area contributed by atoms with Crippen LogP contribution < -0.4 is 22.4 Å². The molecule has 1 aliphatic carbocycles. The van der Waals surface area contributed by atoms with Crippen LogP contribution in [0, 0.1) is 12.7 Å². The summed E-state index contributed by atoms with van der Waals surface area (Å²) in [7, 11) is 0. The van der Waals surface area contributed by atoms with Crippen LogP contribution in [0.1, 0.15) is 24.4 Å². The highest BCUT2D eigenvalue weighted by Gasteiger charge is 2.30. The highest BCUT2D eigenvalue weighted by Crippen LogP contribution is 2.36. The topological polar surface area (TPSA) is 116 Å². The number of hydrogen-bond acceptors (Lipinski definition) is 7. The molecule has 1 fully saturated rings. The van der Waals surface area contributed by atoms with Crippen molar-refractivity contribution in [2.24, 2.45) is 0 Å². The number of nitrogens with zero attached hydrogens (tertiary/aromatic N) is 3. The van der Waals surface area contributed by atoms with Gasteiger partial charge in [-0.05, 0) is 49.6 Å². The van der Waals surface area contributed by atoms with Crippen LogP contribution in [0.15, 0.2) is 56.5 Å². The van der Waals surface area contributed by atoms with Gasteiger partial charge >= 0.3 is 5.76 Å². The van der Waals surface area contributed by atoms with Gasteiger partial charge < -0.3 is 15.5 Å². The monoisotopic (exact) mass is 419 g/mol. The molecule has 0 spiro atoms. The SMILES string of the molecule is Cc1ccc(Nc2nc(=O)oc3c(-c4cccc(N)c4)nn(C4CC4)c(=O)c23)c(F)c1. The lowest BCUT2D eigenvalue weighted by molar-refractivity contribution is 0.523. The van der Waals surface area contributed by atoms with E-state index >= 15 is 0 Å². The summed E-state index contributed by atoms with van der Waals surface area (Å²) in [5.74, 6) is -1.55. The number of benzene rings is 2. The van der Waals surface area contributed by atoms with Gasteiger partial charge in [-0.1, -0.05) is 18.2 Å². The Balaban J connectivity index is 1.81. The molecule has 9 heteroatoms. The molecule has 2 heterocycles. The molecule has 4 aromatic rings. The first-order chi connectivity index (χ1) is 14.9. The molecule has 0 radical (unpaired) electrons. The fourth-order valence-corrected chi connectivity index (χ4v) is 3.48. The summed E-state index contributed by atoms with van der Waals surface area (Å²) in [6, 6.07) is 11.4. The van der Waals surface area contributed by atoms with E-state index in [1.807, 2.05) is 0 Å². The fraction of sp³-hybridized carbons (Fsp3) is 0.182. The first-order valence-electron chi connectivity index (χ1n) is 9.77. The third-order valence-corrected chi connectivity index (χ3v) is 5.13. The summed E-state index contributed by atoms with van der Waals surface area (Å²) in [6.45, 7) is 1.76. The molecule has 2 aromatic heterocycles. The zero-order valence-electron chi connectivity index (χ0n) is 16.6. The second-order valence-electron chi connectivity index (χ2n) is 7.60. The van der Waals surface area contributed by atoms with Crippen LogP contribution in [0.25, 0.3) is 22.2 Å². The van der Waals surface area contributed by atoms with E-state index in [1.54, 1.807) is 37.3 Å². The Morgan fingerprint density at radius 2 is 2.00 bits per heavy atom. The minimum absolute atomic E-state index is 0.0254. The Hall–Kier alpha value is -4.01. The van der Waals surface area contributed by atoms with Crippen LogP contribution in [-0.2, 0) is 0 Å². The normalized spacial score (nSPS) is 13.5. The van der Waals surface area contributed by atoms with Crippen molar-refractivity contribution >= 4 is 28.2 Å². The maximum absolute atomic E-state index is 14.4. The molecule has 156 valence electrons. The van der Waals surface area contributed by atoms with Gasteiger partial charge in [0.2, 0.25) is 0 Å². The van der Waals surface area contributed by atoms with Gasteiger partial charge in [0.1, 0.15) is 16.9 Å². The number of fused-ring (bicyclic) bond motifs is 1. The van der Waals surface area contributed by atoms with E-state index in [9.17, 15) is 14.0 Å².